The molecule has 0 saturated heterocycles. The number of rotatable bonds is 16. The predicted molar refractivity (Wildman–Crippen MR) is 108 cm³/mol. The highest BCUT2D eigenvalue weighted by atomic mass is 16.5. The van der Waals surface area contributed by atoms with E-state index in [1.807, 2.05) is 0 Å². The molecule has 0 aromatic heterocycles. The minimum absolute atomic E-state index is 0.0312. The van der Waals surface area contributed by atoms with E-state index in [0.717, 1.165) is 25.7 Å². The molecule has 5 nitrogen and oxygen atoms in total. The molecule has 0 heterocycles. The van der Waals surface area contributed by atoms with Crippen LogP contribution in [0.3, 0.4) is 0 Å². The molecule has 0 fully saturated rings. The Morgan fingerprint density at radius 1 is 0.808 bits per heavy atom. The Morgan fingerprint density at radius 2 is 1.19 bits per heavy atom. The molecule has 0 aromatic carbocycles. The van der Waals surface area contributed by atoms with E-state index in [0.29, 0.717) is 0 Å². The summed E-state index contributed by atoms with van der Waals surface area (Å²) in [6.07, 6.45) is 16.8. The van der Waals surface area contributed by atoms with Gasteiger partial charge in [0.1, 0.15) is 0 Å². The number of carbonyl (C=O) groups is 2. The van der Waals surface area contributed by atoms with Gasteiger partial charge in [0, 0.05) is 0 Å². The highest BCUT2D eigenvalue weighted by Crippen LogP contribution is 2.19. The number of esters is 1. The van der Waals surface area contributed by atoms with E-state index >= 15 is 0 Å². The van der Waals surface area contributed by atoms with Crippen LogP contribution in [0.2, 0.25) is 0 Å². The molecule has 0 radical (unpaired) electrons. The van der Waals surface area contributed by atoms with Gasteiger partial charge >= 0.3 is 11.9 Å². The van der Waals surface area contributed by atoms with Gasteiger partial charge in [0.05, 0.1) is 19.6 Å². The fourth-order valence-electron chi connectivity index (χ4n) is 2.82. The fourth-order valence-corrected chi connectivity index (χ4v) is 2.82. The molecule has 1 unspecified atom stereocenters. The van der Waals surface area contributed by atoms with Crippen LogP contribution >= 0.6 is 0 Å². The zero-order valence-electron chi connectivity index (χ0n) is 17.4. The molecule has 0 spiro atoms. The lowest BCUT2D eigenvalue weighted by Gasteiger charge is -2.12. The molecular formula is C21H43NO4. The second-order valence-electron chi connectivity index (χ2n) is 6.93. The molecule has 156 valence electrons. The third-order valence-electron chi connectivity index (χ3n) is 4.56. The summed E-state index contributed by atoms with van der Waals surface area (Å²) in [5.74, 6) is -1.05. The largest absolute Gasteiger partial charge is 0.481 e. The summed E-state index contributed by atoms with van der Waals surface area (Å²) in [4.78, 5) is 21.1. The average molecular weight is 374 g/mol. The topological polar surface area (TPSA) is 89.6 Å². The summed E-state index contributed by atoms with van der Waals surface area (Å²) in [5.41, 5.74) is 4.81. The molecule has 5 heteroatoms. The van der Waals surface area contributed by atoms with E-state index in [2.05, 4.69) is 18.6 Å². The van der Waals surface area contributed by atoms with Crippen molar-refractivity contribution in [2.75, 3.05) is 13.7 Å². The van der Waals surface area contributed by atoms with E-state index in [-0.39, 0.29) is 18.4 Å². The number of hydrogen-bond donors (Lipinski definition) is 2. The normalized spacial score (nSPS) is 11.4. The minimum atomic E-state index is -0.577. The van der Waals surface area contributed by atoms with E-state index < -0.39 is 5.97 Å². The van der Waals surface area contributed by atoms with Crippen LogP contribution in [0, 0.1) is 5.92 Å². The van der Waals surface area contributed by atoms with Gasteiger partial charge < -0.3 is 15.6 Å². The van der Waals surface area contributed by atoms with Gasteiger partial charge in [-0.2, -0.15) is 0 Å². The first-order chi connectivity index (χ1) is 12.5. The molecule has 0 saturated carbocycles. The lowest BCUT2D eigenvalue weighted by molar-refractivity contribution is -0.142. The van der Waals surface area contributed by atoms with Gasteiger partial charge in [-0.15, -0.1) is 0 Å². The molecular weight excluding hydrogens is 330 g/mol. The van der Waals surface area contributed by atoms with Gasteiger partial charge in [0.15, 0.2) is 0 Å². The predicted octanol–water partition coefficient (Wildman–Crippen LogP) is 5.31. The zero-order chi connectivity index (χ0) is 20.0. The van der Waals surface area contributed by atoms with Crippen LogP contribution in [-0.2, 0) is 14.3 Å². The van der Waals surface area contributed by atoms with E-state index in [9.17, 15) is 14.7 Å². The van der Waals surface area contributed by atoms with Gasteiger partial charge in [0.2, 0.25) is 0 Å². The van der Waals surface area contributed by atoms with E-state index in [1.54, 1.807) is 0 Å². The van der Waals surface area contributed by atoms with Gasteiger partial charge in [-0.25, -0.2) is 0 Å². The summed E-state index contributed by atoms with van der Waals surface area (Å²) in [7, 11) is 1.30. The Bertz CT molecular complexity index is 315. The van der Waals surface area contributed by atoms with Crippen molar-refractivity contribution in [2.45, 2.75) is 104 Å². The van der Waals surface area contributed by atoms with Crippen molar-refractivity contribution in [1.82, 2.24) is 0 Å². The van der Waals surface area contributed by atoms with Crippen molar-refractivity contribution in [3.05, 3.63) is 0 Å². The molecule has 0 aliphatic heterocycles. The van der Waals surface area contributed by atoms with Gasteiger partial charge in [-0.05, 0) is 12.8 Å². The number of carbonyl (C=O) groups excluding carboxylic acids is 1. The van der Waals surface area contributed by atoms with Gasteiger partial charge in [0.25, 0.3) is 0 Å². The van der Waals surface area contributed by atoms with Crippen LogP contribution < -0.4 is 5.73 Å². The number of carboxylic acids is 1. The van der Waals surface area contributed by atoms with Gasteiger partial charge in [-0.3, -0.25) is 9.59 Å². The number of ether oxygens (including phenoxy) is 1. The number of carboxylic acid groups (broad SMARTS) is 1. The number of hydrogen-bond acceptors (Lipinski definition) is 4. The lowest BCUT2D eigenvalue weighted by Crippen LogP contribution is -2.14. The third-order valence-corrected chi connectivity index (χ3v) is 4.56. The Labute approximate surface area is 161 Å². The number of unbranched alkanes of at least 4 members (excludes halogenated alkanes) is 10. The summed E-state index contributed by atoms with van der Waals surface area (Å²) >= 11 is 0. The summed E-state index contributed by atoms with van der Waals surface area (Å²) in [6.45, 7) is 4.41. The number of methoxy groups -OCH3 is 1. The maximum absolute atomic E-state index is 11.2. The Morgan fingerprint density at radius 3 is 1.46 bits per heavy atom. The van der Waals surface area contributed by atoms with Crippen LogP contribution in [-0.4, -0.2) is 30.7 Å². The van der Waals surface area contributed by atoms with Crippen LogP contribution in [0.1, 0.15) is 104 Å². The second-order valence-corrected chi connectivity index (χ2v) is 6.93. The van der Waals surface area contributed by atoms with Crippen molar-refractivity contribution < 1.29 is 19.4 Å². The molecule has 26 heavy (non-hydrogen) atoms. The first-order valence-electron chi connectivity index (χ1n) is 10.5. The molecule has 1 atom stereocenters. The Hall–Kier alpha value is -1.10. The van der Waals surface area contributed by atoms with Crippen LogP contribution in [0.5, 0.6) is 0 Å². The van der Waals surface area contributed by atoms with Crippen LogP contribution in [0.25, 0.3) is 0 Å². The zero-order valence-corrected chi connectivity index (χ0v) is 17.4. The minimum Gasteiger partial charge on any atom is -0.481 e. The molecule has 0 aliphatic rings. The van der Waals surface area contributed by atoms with Crippen LogP contribution in [0.4, 0.5) is 0 Å². The maximum Gasteiger partial charge on any atom is 0.319 e. The average Bonchev–Trinajstić information content (AvgIpc) is 2.65. The SMILES string of the molecule is CCCCCCCCCC(CCCCCCC)C(=O)O.COC(=O)CN. The van der Waals surface area contributed by atoms with Gasteiger partial charge in [-0.1, -0.05) is 90.9 Å². The third kappa shape index (κ3) is 20.9. The summed E-state index contributed by atoms with van der Waals surface area (Å²) in [5, 5.41) is 9.25. The molecule has 3 N–H and O–H groups in total. The highest BCUT2D eigenvalue weighted by molar-refractivity contribution is 5.71. The molecule has 0 bridgehead atoms. The maximum atomic E-state index is 11.2. The molecule has 0 rings (SSSR count). The summed E-state index contributed by atoms with van der Waals surface area (Å²) in [6, 6.07) is 0. The molecule has 0 amide bonds. The number of nitrogens with two attached hydrogens (primary N) is 1. The first kappa shape index (κ1) is 27.1. The highest BCUT2D eigenvalue weighted by Gasteiger charge is 2.16. The fraction of sp³-hybridized carbons (Fsp3) is 0.905. The van der Waals surface area contributed by atoms with E-state index in [4.69, 9.17) is 5.73 Å². The van der Waals surface area contributed by atoms with Crippen LogP contribution in [0.15, 0.2) is 0 Å². The summed E-state index contributed by atoms with van der Waals surface area (Å²) < 4.78 is 4.14. The smallest absolute Gasteiger partial charge is 0.319 e. The Kier molecular flexibility index (Phi) is 22.9. The van der Waals surface area contributed by atoms with E-state index in [1.165, 1.54) is 71.3 Å². The second kappa shape index (κ2) is 21.9. The van der Waals surface area contributed by atoms with Crippen molar-refractivity contribution in [2.24, 2.45) is 11.7 Å². The van der Waals surface area contributed by atoms with Crippen molar-refractivity contribution in [3.63, 3.8) is 0 Å². The Balaban J connectivity index is 0. The monoisotopic (exact) mass is 373 g/mol. The van der Waals surface area contributed by atoms with Crippen molar-refractivity contribution in [1.29, 1.82) is 0 Å². The first-order valence-corrected chi connectivity index (χ1v) is 10.5. The van der Waals surface area contributed by atoms with Crippen molar-refractivity contribution in [3.8, 4) is 0 Å². The number of aliphatic carboxylic acids is 1. The molecule has 0 aliphatic carbocycles. The molecule has 0 aromatic rings. The van der Waals surface area contributed by atoms with Crippen molar-refractivity contribution >= 4 is 11.9 Å². The quantitative estimate of drug-likeness (QED) is 0.283. The standard InChI is InChI=1S/C18H36O2.C3H7NO2/c1-3-5-7-9-10-12-14-16-17(18(19)20)15-13-11-8-6-4-2;1-6-3(5)2-4/h17H,3-16H2,1-2H3,(H,19,20);2,4H2,1H3. The lowest BCUT2D eigenvalue weighted by atomic mass is 9.94.